The molecule has 0 aromatic heterocycles. The average molecular weight is 256 g/mol. The first-order valence-electron chi connectivity index (χ1n) is 7.34. The van der Waals surface area contributed by atoms with E-state index in [1.807, 2.05) is 0 Å². The van der Waals surface area contributed by atoms with E-state index in [-0.39, 0.29) is 0 Å². The van der Waals surface area contributed by atoms with Crippen molar-refractivity contribution in [2.75, 3.05) is 39.8 Å². The molecule has 0 unspecified atom stereocenters. The van der Waals surface area contributed by atoms with Gasteiger partial charge in [0.1, 0.15) is 0 Å². The van der Waals surface area contributed by atoms with Crippen LogP contribution in [0, 0.1) is 11.8 Å². The van der Waals surface area contributed by atoms with Crippen molar-refractivity contribution in [3.05, 3.63) is 41.5 Å². The third kappa shape index (κ3) is 3.07. The molecule has 2 nitrogen and oxygen atoms in total. The molecule has 0 bridgehead atoms. The second-order valence-corrected chi connectivity index (χ2v) is 6.34. The molecule has 0 spiro atoms. The number of rotatable bonds is 3. The Morgan fingerprint density at radius 3 is 2.37 bits per heavy atom. The molecule has 0 amide bonds. The summed E-state index contributed by atoms with van der Waals surface area (Å²) in [5.74, 6) is 1.82. The van der Waals surface area contributed by atoms with Crippen molar-refractivity contribution in [1.82, 2.24) is 9.80 Å². The molecule has 2 aliphatic heterocycles. The zero-order valence-corrected chi connectivity index (χ0v) is 12.0. The molecule has 2 heterocycles. The van der Waals surface area contributed by atoms with Crippen LogP contribution < -0.4 is 0 Å². The molecule has 2 saturated heterocycles. The van der Waals surface area contributed by atoms with Gasteiger partial charge in [-0.15, -0.1) is 0 Å². The van der Waals surface area contributed by atoms with E-state index in [0.717, 1.165) is 18.4 Å². The molecule has 2 heteroatoms. The van der Waals surface area contributed by atoms with Gasteiger partial charge in [0.25, 0.3) is 0 Å². The molecule has 102 valence electrons. The Bertz CT molecular complexity index is 438. The van der Waals surface area contributed by atoms with Gasteiger partial charge >= 0.3 is 0 Å². The highest BCUT2D eigenvalue weighted by Crippen LogP contribution is 2.30. The van der Waals surface area contributed by atoms with E-state index >= 15 is 0 Å². The minimum atomic E-state index is 0.912. The number of likely N-dealkylation sites (tertiary alicyclic amines) is 2. The van der Waals surface area contributed by atoms with Crippen LogP contribution in [0.5, 0.6) is 0 Å². The molecule has 19 heavy (non-hydrogen) atoms. The van der Waals surface area contributed by atoms with Crippen LogP contribution in [0.1, 0.15) is 12.5 Å². The van der Waals surface area contributed by atoms with Crippen molar-refractivity contribution in [3.8, 4) is 0 Å². The van der Waals surface area contributed by atoms with E-state index in [0.29, 0.717) is 0 Å². The predicted octanol–water partition coefficient (Wildman–Crippen LogP) is 2.58. The molecule has 1 aromatic rings. The van der Waals surface area contributed by atoms with Gasteiger partial charge in [-0.05, 0) is 31.4 Å². The second-order valence-electron chi connectivity index (χ2n) is 6.34. The maximum atomic E-state index is 2.64. The number of hydrogen-bond donors (Lipinski definition) is 0. The van der Waals surface area contributed by atoms with E-state index in [1.165, 1.54) is 37.3 Å². The first kappa shape index (κ1) is 12.9. The topological polar surface area (TPSA) is 6.48 Å². The zero-order chi connectivity index (χ0) is 13.2. The fraction of sp³-hybridized carbons (Fsp3) is 0.529. The van der Waals surface area contributed by atoms with Crippen molar-refractivity contribution in [2.45, 2.75) is 6.92 Å². The molecule has 2 atom stereocenters. The summed E-state index contributed by atoms with van der Waals surface area (Å²) in [4.78, 5) is 5.12. The summed E-state index contributed by atoms with van der Waals surface area (Å²) in [5.41, 5.74) is 2.79. The second kappa shape index (κ2) is 5.48. The minimum Gasteiger partial charge on any atom is -0.306 e. The van der Waals surface area contributed by atoms with Crippen LogP contribution in [0.15, 0.2) is 35.9 Å². The van der Waals surface area contributed by atoms with Gasteiger partial charge in [-0.3, -0.25) is 4.90 Å². The third-order valence-corrected chi connectivity index (χ3v) is 4.43. The van der Waals surface area contributed by atoms with Crippen molar-refractivity contribution in [1.29, 1.82) is 0 Å². The summed E-state index contributed by atoms with van der Waals surface area (Å²) >= 11 is 0. The Morgan fingerprint density at radius 1 is 1.11 bits per heavy atom. The highest BCUT2D eigenvalue weighted by atomic mass is 15.2. The van der Waals surface area contributed by atoms with Gasteiger partial charge < -0.3 is 4.90 Å². The van der Waals surface area contributed by atoms with Crippen LogP contribution in [0.4, 0.5) is 0 Å². The van der Waals surface area contributed by atoms with E-state index in [1.54, 1.807) is 0 Å². The molecule has 0 N–H and O–H groups in total. The normalized spacial score (nSPS) is 28.8. The van der Waals surface area contributed by atoms with Crippen molar-refractivity contribution >= 4 is 6.08 Å². The first-order valence-corrected chi connectivity index (χ1v) is 7.34. The fourth-order valence-electron chi connectivity index (χ4n) is 3.69. The van der Waals surface area contributed by atoms with E-state index in [2.05, 4.69) is 60.2 Å². The Morgan fingerprint density at radius 2 is 1.74 bits per heavy atom. The van der Waals surface area contributed by atoms with E-state index < -0.39 is 0 Å². The molecule has 3 rings (SSSR count). The summed E-state index contributed by atoms with van der Waals surface area (Å²) in [7, 11) is 2.25. The first-order chi connectivity index (χ1) is 9.20. The number of fused-ring (bicyclic) bond motifs is 1. The lowest BCUT2D eigenvalue weighted by atomic mass is 10.0. The van der Waals surface area contributed by atoms with Gasteiger partial charge in [0.05, 0.1) is 0 Å². The van der Waals surface area contributed by atoms with Gasteiger partial charge in [-0.25, -0.2) is 0 Å². The fourth-order valence-corrected chi connectivity index (χ4v) is 3.69. The van der Waals surface area contributed by atoms with Crippen LogP contribution in [-0.4, -0.2) is 49.6 Å². The summed E-state index contributed by atoms with van der Waals surface area (Å²) in [6.45, 7) is 8.55. The SMILES string of the molecule is C/C(=C\c1ccccc1)CN1C[C@H]2CN(C)C[C@H]2C1. The van der Waals surface area contributed by atoms with Crippen LogP contribution in [0.2, 0.25) is 0 Å². The molecular weight excluding hydrogens is 232 g/mol. The van der Waals surface area contributed by atoms with Crippen LogP contribution in [0.3, 0.4) is 0 Å². The number of hydrogen-bond acceptors (Lipinski definition) is 2. The third-order valence-electron chi connectivity index (χ3n) is 4.43. The average Bonchev–Trinajstić information content (AvgIpc) is 2.86. The van der Waals surface area contributed by atoms with Crippen molar-refractivity contribution in [3.63, 3.8) is 0 Å². The van der Waals surface area contributed by atoms with E-state index in [4.69, 9.17) is 0 Å². The van der Waals surface area contributed by atoms with Crippen molar-refractivity contribution in [2.24, 2.45) is 11.8 Å². The Hall–Kier alpha value is -1.12. The molecule has 0 radical (unpaired) electrons. The van der Waals surface area contributed by atoms with Gasteiger partial charge in [-0.1, -0.05) is 42.0 Å². The lowest BCUT2D eigenvalue weighted by molar-refractivity contribution is 0.294. The maximum absolute atomic E-state index is 2.64. The zero-order valence-electron chi connectivity index (χ0n) is 12.0. The highest BCUT2D eigenvalue weighted by Gasteiger charge is 2.38. The van der Waals surface area contributed by atoms with Crippen LogP contribution >= 0.6 is 0 Å². The van der Waals surface area contributed by atoms with E-state index in [9.17, 15) is 0 Å². The van der Waals surface area contributed by atoms with Gasteiger partial charge in [0.2, 0.25) is 0 Å². The quantitative estimate of drug-likeness (QED) is 0.820. The van der Waals surface area contributed by atoms with Crippen LogP contribution in [0.25, 0.3) is 6.08 Å². The highest BCUT2D eigenvalue weighted by molar-refractivity contribution is 5.52. The van der Waals surface area contributed by atoms with Crippen LogP contribution in [-0.2, 0) is 0 Å². The Balaban J connectivity index is 1.57. The molecule has 0 aliphatic carbocycles. The number of benzene rings is 1. The standard InChI is InChI=1S/C17H24N2/c1-14(8-15-6-4-3-5-7-15)9-19-12-16-10-18(2)11-17(16)13-19/h3-8,16-17H,9-13H2,1-2H3/b14-8+/t16-,17+. The molecule has 1 aromatic carbocycles. The molecule has 2 fully saturated rings. The van der Waals surface area contributed by atoms with Crippen molar-refractivity contribution < 1.29 is 0 Å². The summed E-state index contributed by atoms with van der Waals surface area (Å²) in [5, 5.41) is 0. The van der Waals surface area contributed by atoms with Gasteiger partial charge in [-0.2, -0.15) is 0 Å². The Labute approximate surface area is 116 Å². The lowest BCUT2D eigenvalue weighted by Gasteiger charge is -2.19. The summed E-state index contributed by atoms with van der Waals surface area (Å²) in [6.07, 6.45) is 2.32. The molecular formula is C17H24N2. The maximum Gasteiger partial charge on any atom is 0.0193 e. The summed E-state index contributed by atoms with van der Waals surface area (Å²) in [6, 6.07) is 10.6. The van der Waals surface area contributed by atoms with Gasteiger partial charge in [0.15, 0.2) is 0 Å². The minimum absolute atomic E-state index is 0.912. The number of nitrogens with zero attached hydrogens (tertiary/aromatic N) is 2. The smallest absolute Gasteiger partial charge is 0.0193 e. The molecule has 0 saturated carbocycles. The largest absolute Gasteiger partial charge is 0.306 e. The van der Waals surface area contributed by atoms with Gasteiger partial charge in [0, 0.05) is 32.7 Å². The molecule has 2 aliphatic rings. The monoisotopic (exact) mass is 256 g/mol. The predicted molar refractivity (Wildman–Crippen MR) is 81.0 cm³/mol. The Kier molecular flexibility index (Phi) is 3.72. The lowest BCUT2D eigenvalue weighted by Crippen LogP contribution is -2.28. The summed E-state index contributed by atoms with van der Waals surface area (Å²) < 4.78 is 0.